The zero-order valence-electron chi connectivity index (χ0n) is 13.7. The summed E-state index contributed by atoms with van der Waals surface area (Å²) >= 11 is 0. The number of amides is 1. The Morgan fingerprint density at radius 2 is 1.87 bits per heavy atom. The quantitative estimate of drug-likeness (QED) is 0.865. The fourth-order valence-electron chi connectivity index (χ4n) is 3.03. The minimum absolute atomic E-state index is 0.0767. The molecule has 1 amide bonds. The molecule has 1 heterocycles. The standard InChI is InChI=1S/C17H24N2O3S/c1-12(2)14-3-7-16(8-4-14)23(21,22)18-10-13-9-17(20)19(11-13)15-5-6-15/h3-4,7-8,12-13,15,18H,5-6,9-11H2,1-2H3. The topological polar surface area (TPSA) is 66.5 Å². The molecule has 1 aromatic carbocycles. The second kappa shape index (κ2) is 6.24. The van der Waals surface area contributed by atoms with E-state index >= 15 is 0 Å². The van der Waals surface area contributed by atoms with Gasteiger partial charge in [-0.25, -0.2) is 13.1 Å². The average molecular weight is 336 g/mol. The summed E-state index contributed by atoms with van der Waals surface area (Å²) < 4.78 is 27.4. The maximum atomic E-state index is 12.4. The number of rotatable bonds is 6. The Morgan fingerprint density at radius 1 is 1.22 bits per heavy atom. The molecule has 1 unspecified atom stereocenters. The largest absolute Gasteiger partial charge is 0.339 e. The van der Waals surface area contributed by atoms with Crippen LogP contribution in [0.5, 0.6) is 0 Å². The van der Waals surface area contributed by atoms with Crippen molar-refractivity contribution in [2.75, 3.05) is 13.1 Å². The van der Waals surface area contributed by atoms with Crippen LogP contribution in [0.3, 0.4) is 0 Å². The predicted molar refractivity (Wildman–Crippen MR) is 88.6 cm³/mol. The van der Waals surface area contributed by atoms with Crippen molar-refractivity contribution in [1.29, 1.82) is 0 Å². The number of hydrogen-bond acceptors (Lipinski definition) is 3. The van der Waals surface area contributed by atoms with Crippen molar-refractivity contribution >= 4 is 15.9 Å². The van der Waals surface area contributed by atoms with Gasteiger partial charge in [0.15, 0.2) is 0 Å². The molecular weight excluding hydrogens is 312 g/mol. The molecule has 5 nitrogen and oxygen atoms in total. The lowest BCUT2D eigenvalue weighted by Gasteiger charge is -2.16. The lowest BCUT2D eigenvalue weighted by atomic mass is 10.0. The Labute approximate surface area is 138 Å². The van der Waals surface area contributed by atoms with Crippen LogP contribution < -0.4 is 4.72 Å². The van der Waals surface area contributed by atoms with E-state index in [1.165, 1.54) is 0 Å². The highest BCUT2D eigenvalue weighted by atomic mass is 32.2. The van der Waals surface area contributed by atoms with E-state index in [0.717, 1.165) is 18.4 Å². The highest BCUT2D eigenvalue weighted by Gasteiger charge is 2.39. The van der Waals surface area contributed by atoms with Gasteiger partial charge in [0.1, 0.15) is 0 Å². The van der Waals surface area contributed by atoms with E-state index in [0.29, 0.717) is 31.5 Å². The summed E-state index contributed by atoms with van der Waals surface area (Å²) in [7, 11) is -3.51. The van der Waals surface area contributed by atoms with Gasteiger partial charge in [0.25, 0.3) is 0 Å². The minimum Gasteiger partial charge on any atom is -0.339 e. The van der Waals surface area contributed by atoms with Crippen molar-refractivity contribution < 1.29 is 13.2 Å². The van der Waals surface area contributed by atoms with E-state index in [1.807, 2.05) is 17.0 Å². The van der Waals surface area contributed by atoms with E-state index in [1.54, 1.807) is 12.1 Å². The van der Waals surface area contributed by atoms with E-state index in [2.05, 4.69) is 18.6 Å². The van der Waals surface area contributed by atoms with E-state index in [4.69, 9.17) is 0 Å². The molecule has 1 aliphatic heterocycles. The van der Waals surface area contributed by atoms with Crippen LogP contribution in [0.25, 0.3) is 0 Å². The summed E-state index contributed by atoms with van der Waals surface area (Å²) in [6.07, 6.45) is 2.63. The molecule has 1 atom stereocenters. The van der Waals surface area contributed by atoms with Crippen LogP contribution in [0.2, 0.25) is 0 Å². The maximum absolute atomic E-state index is 12.4. The number of nitrogens with zero attached hydrogens (tertiary/aromatic N) is 1. The highest BCUT2D eigenvalue weighted by Crippen LogP contribution is 2.32. The van der Waals surface area contributed by atoms with E-state index in [-0.39, 0.29) is 16.7 Å². The Bertz CT molecular complexity index is 678. The molecule has 23 heavy (non-hydrogen) atoms. The number of carbonyl (C=O) groups excluding carboxylic acids is 1. The first-order valence-electron chi connectivity index (χ1n) is 8.26. The first kappa shape index (κ1) is 16.5. The van der Waals surface area contributed by atoms with Gasteiger partial charge in [-0.3, -0.25) is 4.79 Å². The molecule has 2 aliphatic rings. The fourth-order valence-corrected chi connectivity index (χ4v) is 4.14. The number of nitrogens with one attached hydrogen (secondary N) is 1. The molecule has 1 aromatic rings. The average Bonchev–Trinajstić information content (AvgIpc) is 3.29. The van der Waals surface area contributed by atoms with Gasteiger partial charge in [-0.05, 0) is 42.4 Å². The van der Waals surface area contributed by atoms with Crippen LogP contribution in [-0.4, -0.2) is 38.4 Å². The zero-order chi connectivity index (χ0) is 16.6. The third kappa shape index (κ3) is 3.75. The molecule has 1 saturated heterocycles. The van der Waals surface area contributed by atoms with Crippen LogP contribution in [0, 0.1) is 5.92 Å². The third-order valence-electron chi connectivity index (χ3n) is 4.65. The van der Waals surface area contributed by atoms with Gasteiger partial charge in [0.05, 0.1) is 4.90 Å². The van der Waals surface area contributed by atoms with Gasteiger partial charge < -0.3 is 4.90 Å². The lowest BCUT2D eigenvalue weighted by molar-refractivity contribution is -0.128. The van der Waals surface area contributed by atoms with Gasteiger partial charge in [0.2, 0.25) is 15.9 Å². The second-order valence-electron chi connectivity index (χ2n) is 6.92. The molecule has 1 aliphatic carbocycles. The Morgan fingerprint density at radius 3 is 2.43 bits per heavy atom. The number of likely N-dealkylation sites (tertiary alicyclic amines) is 1. The third-order valence-corrected chi connectivity index (χ3v) is 6.08. The molecule has 0 aromatic heterocycles. The maximum Gasteiger partial charge on any atom is 0.240 e. The summed E-state index contributed by atoms with van der Waals surface area (Å²) in [6.45, 7) is 5.15. The van der Waals surface area contributed by atoms with Gasteiger partial charge in [-0.15, -0.1) is 0 Å². The number of hydrogen-bond donors (Lipinski definition) is 1. The molecule has 3 rings (SSSR count). The zero-order valence-corrected chi connectivity index (χ0v) is 14.5. The fraction of sp³-hybridized carbons (Fsp3) is 0.588. The van der Waals surface area contributed by atoms with Crippen molar-refractivity contribution in [2.24, 2.45) is 5.92 Å². The van der Waals surface area contributed by atoms with Crippen molar-refractivity contribution in [2.45, 2.75) is 50.0 Å². The van der Waals surface area contributed by atoms with Crippen molar-refractivity contribution in [1.82, 2.24) is 9.62 Å². The van der Waals surface area contributed by atoms with Crippen LogP contribution >= 0.6 is 0 Å². The van der Waals surface area contributed by atoms with Gasteiger partial charge in [-0.2, -0.15) is 0 Å². The van der Waals surface area contributed by atoms with Crippen LogP contribution in [0.1, 0.15) is 44.6 Å². The molecule has 0 spiro atoms. The monoisotopic (exact) mass is 336 g/mol. The molecular formula is C17H24N2O3S. The van der Waals surface area contributed by atoms with Crippen LogP contribution in [0.15, 0.2) is 29.2 Å². The summed E-state index contributed by atoms with van der Waals surface area (Å²) in [4.78, 5) is 14.1. The Hall–Kier alpha value is -1.40. The summed E-state index contributed by atoms with van der Waals surface area (Å²) in [5.74, 6) is 0.614. The molecule has 126 valence electrons. The lowest BCUT2D eigenvalue weighted by Crippen LogP contribution is -2.32. The number of sulfonamides is 1. The van der Waals surface area contributed by atoms with E-state index < -0.39 is 10.0 Å². The minimum atomic E-state index is -3.51. The molecule has 0 bridgehead atoms. The molecule has 0 radical (unpaired) electrons. The first-order chi connectivity index (χ1) is 10.9. The van der Waals surface area contributed by atoms with Gasteiger partial charge in [-0.1, -0.05) is 26.0 Å². The van der Waals surface area contributed by atoms with Crippen LogP contribution in [0.4, 0.5) is 0 Å². The van der Waals surface area contributed by atoms with Crippen molar-refractivity contribution in [3.63, 3.8) is 0 Å². The smallest absolute Gasteiger partial charge is 0.240 e. The summed E-state index contributed by atoms with van der Waals surface area (Å²) in [5, 5.41) is 0. The predicted octanol–water partition coefficient (Wildman–Crippen LogP) is 2.10. The Balaban J connectivity index is 1.59. The normalized spacial score (nSPS) is 22.1. The van der Waals surface area contributed by atoms with Crippen molar-refractivity contribution in [3.8, 4) is 0 Å². The van der Waals surface area contributed by atoms with Gasteiger partial charge in [0, 0.05) is 25.6 Å². The molecule has 1 N–H and O–H groups in total. The second-order valence-corrected chi connectivity index (χ2v) is 8.69. The molecule has 1 saturated carbocycles. The van der Waals surface area contributed by atoms with Crippen molar-refractivity contribution in [3.05, 3.63) is 29.8 Å². The van der Waals surface area contributed by atoms with Gasteiger partial charge >= 0.3 is 0 Å². The SMILES string of the molecule is CC(C)c1ccc(S(=O)(=O)NCC2CC(=O)N(C3CC3)C2)cc1. The number of benzene rings is 1. The highest BCUT2D eigenvalue weighted by molar-refractivity contribution is 7.89. The van der Waals surface area contributed by atoms with Crippen LogP contribution in [-0.2, 0) is 14.8 Å². The summed E-state index contributed by atoms with van der Waals surface area (Å²) in [5.41, 5.74) is 1.12. The summed E-state index contributed by atoms with van der Waals surface area (Å²) in [6, 6.07) is 7.41. The first-order valence-corrected chi connectivity index (χ1v) is 9.74. The molecule has 6 heteroatoms. The number of carbonyl (C=O) groups is 1. The Kier molecular flexibility index (Phi) is 4.47. The molecule has 2 fully saturated rings. The van der Waals surface area contributed by atoms with E-state index in [9.17, 15) is 13.2 Å².